The number of carbonyl (C=O) groups is 1. The number of carbonyl (C=O) groups excluding carboxylic acids is 1. The summed E-state index contributed by atoms with van der Waals surface area (Å²) >= 11 is 0. The second-order valence-corrected chi connectivity index (χ2v) is 5.31. The normalized spacial score (nSPS) is 24.5. The van der Waals surface area contributed by atoms with Crippen LogP contribution in [0, 0.1) is 0 Å². The van der Waals surface area contributed by atoms with Crippen molar-refractivity contribution in [1.82, 2.24) is 14.8 Å². The number of hydrogen-bond donors (Lipinski definition) is 1. The lowest BCUT2D eigenvalue weighted by atomic mass is 10.1. The molecular weight excluding hydrogens is 240 g/mol. The van der Waals surface area contributed by atoms with Crippen molar-refractivity contribution >= 4 is 5.91 Å². The Bertz CT molecular complexity index is 451. The summed E-state index contributed by atoms with van der Waals surface area (Å²) in [5.41, 5.74) is 7.00. The van der Waals surface area contributed by atoms with Gasteiger partial charge in [0.1, 0.15) is 0 Å². The molecule has 1 fully saturated rings. The van der Waals surface area contributed by atoms with Crippen molar-refractivity contribution < 1.29 is 4.79 Å². The molecule has 19 heavy (non-hydrogen) atoms. The Morgan fingerprint density at radius 1 is 1.42 bits per heavy atom. The number of piperazine rings is 1. The molecular formula is C14H22N4O. The number of pyridine rings is 1. The maximum atomic E-state index is 12.5. The Hall–Kier alpha value is -1.46. The third-order valence-electron chi connectivity index (χ3n) is 3.92. The van der Waals surface area contributed by atoms with E-state index in [0.717, 1.165) is 18.8 Å². The van der Waals surface area contributed by atoms with Crippen molar-refractivity contribution in [1.29, 1.82) is 0 Å². The minimum absolute atomic E-state index is 0.0731. The van der Waals surface area contributed by atoms with Crippen molar-refractivity contribution in [2.45, 2.75) is 32.5 Å². The lowest BCUT2D eigenvalue weighted by molar-refractivity contribution is 0.0414. The van der Waals surface area contributed by atoms with E-state index in [9.17, 15) is 4.79 Å². The van der Waals surface area contributed by atoms with Gasteiger partial charge in [-0.25, -0.2) is 0 Å². The molecule has 2 rings (SSSR count). The van der Waals surface area contributed by atoms with E-state index in [0.29, 0.717) is 24.2 Å². The van der Waals surface area contributed by atoms with E-state index in [1.807, 2.05) is 4.90 Å². The molecule has 2 heterocycles. The van der Waals surface area contributed by atoms with Gasteiger partial charge in [-0.05, 0) is 33.0 Å². The Morgan fingerprint density at radius 3 is 2.63 bits per heavy atom. The van der Waals surface area contributed by atoms with Crippen molar-refractivity contribution in [3.63, 3.8) is 0 Å². The molecule has 5 nitrogen and oxygen atoms in total. The fraction of sp³-hybridized carbons (Fsp3) is 0.571. The van der Waals surface area contributed by atoms with Crippen molar-refractivity contribution in [2.24, 2.45) is 5.73 Å². The average molecular weight is 262 g/mol. The largest absolute Gasteiger partial charge is 0.336 e. The fourth-order valence-corrected chi connectivity index (χ4v) is 2.48. The molecule has 0 aromatic carbocycles. The fourth-order valence-electron chi connectivity index (χ4n) is 2.48. The van der Waals surface area contributed by atoms with Crippen LogP contribution in [-0.2, 0) is 6.54 Å². The first-order valence-corrected chi connectivity index (χ1v) is 6.69. The zero-order chi connectivity index (χ0) is 14.0. The summed E-state index contributed by atoms with van der Waals surface area (Å²) in [6.07, 6.45) is 1.65. The number of nitrogens with zero attached hydrogens (tertiary/aromatic N) is 3. The molecule has 104 valence electrons. The summed E-state index contributed by atoms with van der Waals surface area (Å²) in [5.74, 6) is 0.0731. The molecule has 1 aliphatic rings. The average Bonchev–Trinajstić information content (AvgIpc) is 2.43. The molecule has 1 aromatic heterocycles. The highest BCUT2D eigenvalue weighted by Gasteiger charge is 2.29. The maximum Gasteiger partial charge on any atom is 0.254 e. The highest BCUT2D eigenvalue weighted by Crippen LogP contribution is 2.16. The molecule has 2 atom stereocenters. The van der Waals surface area contributed by atoms with Gasteiger partial charge in [0.05, 0.1) is 5.69 Å². The molecule has 1 aliphatic heterocycles. The second kappa shape index (κ2) is 5.67. The van der Waals surface area contributed by atoms with Gasteiger partial charge in [-0.2, -0.15) is 0 Å². The topological polar surface area (TPSA) is 62.5 Å². The lowest BCUT2D eigenvalue weighted by Crippen LogP contribution is -2.56. The summed E-state index contributed by atoms with van der Waals surface area (Å²) in [4.78, 5) is 20.9. The molecule has 0 radical (unpaired) electrons. The highest BCUT2D eigenvalue weighted by molar-refractivity contribution is 5.94. The molecule has 1 amide bonds. The number of rotatable bonds is 2. The molecule has 0 aliphatic carbocycles. The first kappa shape index (κ1) is 14.0. The summed E-state index contributed by atoms with van der Waals surface area (Å²) in [7, 11) is 2.11. The van der Waals surface area contributed by atoms with Crippen LogP contribution in [-0.4, -0.2) is 52.9 Å². The number of aromatic nitrogens is 1. The Morgan fingerprint density at radius 2 is 2.05 bits per heavy atom. The van der Waals surface area contributed by atoms with Crippen LogP contribution in [0.5, 0.6) is 0 Å². The third kappa shape index (κ3) is 2.93. The molecule has 1 saturated heterocycles. The first-order valence-electron chi connectivity index (χ1n) is 6.69. The van der Waals surface area contributed by atoms with E-state index in [2.05, 4.69) is 30.8 Å². The smallest absolute Gasteiger partial charge is 0.254 e. The van der Waals surface area contributed by atoms with E-state index in [1.54, 1.807) is 18.3 Å². The number of nitrogens with two attached hydrogens (primary N) is 1. The van der Waals surface area contributed by atoms with E-state index in [4.69, 9.17) is 5.73 Å². The monoisotopic (exact) mass is 262 g/mol. The van der Waals surface area contributed by atoms with Crippen LogP contribution in [0.1, 0.15) is 29.9 Å². The van der Waals surface area contributed by atoms with Gasteiger partial charge in [-0.3, -0.25) is 14.7 Å². The second-order valence-electron chi connectivity index (χ2n) is 5.31. The standard InChI is InChI=1S/C14H22N4O/c1-10-8-18(9-11(2)17(10)3)14(19)12-4-5-16-13(6-12)7-15/h4-6,10-11H,7-9,15H2,1-3H3. The van der Waals surface area contributed by atoms with Crippen LogP contribution in [0.25, 0.3) is 0 Å². The van der Waals surface area contributed by atoms with Gasteiger partial charge in [0, 0.05) is 43.5 Å². The van der Waals surface area contributed by atoms with Gasteiger partial charge in [0.25, 0.3) is 5.91 Å². The Balaban J connectivity index is 2.15. The molecule has 2 unspecified atom stereocenters. The van der Waals surface area contributed by atoms with Gasteiger partial charge in [-0.15, -0.1) is 0 Å². The molecule has 0 bridgehead atoms. The van der Waals surface area contributed by atoms with Crippen molar-refractivity contribution in [2.75, 3.05) is 20.1 Å². The van der Waals surface area contributed by atoms with Gasteiger partial charge in [0.2, 0.25) is 0 Å². The number of hydrogen-bond acceptors (Lipinski definition) is 4. The molecule has 0 saturated carbocycles. The molecule has 2 N–H and O–H groups in total. The quantitative estimate of drug-likeness (QED) is 0.852. The van der Waals surface area contributed by atoms with E-state index in [1.165, 1.54) is 0 Å². The maximum absolute atomic E-state index is 12.5. The summed E-state index contributed by atoms with van der Waals surface area (Å²) in [6.45, 7) is 6.18. The van der Waals surface area contributed by atoms with Crippen LogP contribution < -0.4 is 5.73 Å². The number of amides is 1. The minimum Gasteiger partial charge on any atom is -0.336 e. The van der Waals surface area contributed by atoms with Crippen LogP contribution in [0.4, 0.5) is 0 Å². The highest BCUT2D eigenvalue weighted by atomic mass is 16.2. The predicted molar refractivity (Wildman–Crippen MR) is 74.7 cm³/mol. The van der Waals surface area contributed by atoms with E-state index < -0.39 is 0 Å². The van der Waals surface area contributed by atoms with Crippen molar-refractivity contribution in [3.05, 3.63) is 29.6 Å². The summed E-state index contributed by atoms with van der Waals surface area (Å²) in [5, 5.41) is 0. The van der Waals surface area contributed by atoms with Gasteiger partial charge in [0.15, 0.2) is 0 Å². The van der Waals surface area contributed by atoms with Crippen LogP contribution >= 0.6 is 0 Å². The molecule has 5 heteroatoms. The van der Waals surface area contributed by atoms with Crippen LogP contribution in [0.3, 0.4) is 0 Å². The predicted octanol–water partition coefficient (Wildman–Crippen LogP) is 0.705. The first-order chi connectivity index (χ1) is 9.02. The zero-order valence-electron chi connectivity index (χ0n) is 11.8. The SMILES string of the molecule is CC1CN(C(=O)c2ccnc(CN)c2)CC(C)N1C. The third-order valence-corrected chi connectivity index (χ3v) is 3.92. The van der Waals surface area contributed by atoms with E-state index >= 15 is 0 Å². The Kier molecular flexibility index (Phi) is 4.17. The van der Waals surface area contributed by atoms with Crippen molar-refractivity contribution in [3.8, 4) is 0 Å². The van der Waals surface area contributed by atoms with Gasteiger partial charge >= 0.3 is 0 Å². The van der Waals surface area contributed by atoms with E-state index in [-0.39, 0.29) is 5.91 Å². The molecule has 1 aromatic rings. The van der Waals surface area contributed by atoms with Crippen LogP contribution in [0.15, 0.2) is 18.3 Å². The summed E-state index contributed by atoms with van der Waals surface area (Å²) < 4.78 is 0. The minimum atomic E-state index is 0.0731. The van der Waals surface area contributed by atoms with Gasteiger partial charge in [-0.1, -0.05) is 0 Å². The zero-order valence-corrected chi connectivity index (χ0v) is 11.8. The Labute approximate surface area is 114 Å². The summed E-state index contributed by atoms with van der Waals surface area (Å²) in [6, 6.07) is 4.30. The lowest BCUT2D eigenvalue weighted by Gasteiger charge is -2.42. The molecule has 0 spiro atoms. The van der Waals surface area contributed by atoms with Crippen LogP contribution in [0.2, 0.25) is 0 Å². The number of likely N-dealkylation sites (N-methyl/N-ethyl adjacent to an activating group) is 1. The van der Waals surface area contributed by atoms with Gasteiger partial charge < -0.3 is 10.6 Å².